The number of nitrogens with zero attached hydrogens (tertiary/aromatic N) is 1. The van der Waals surface area contributed by atoms with E-state index < -0.39 is 0 Å². The standard InChI is InChI=1S/C15H25N3O/c1-2-17-10-9-12(14-7-5-11-19-14)13-6-3-4-8-15(16)18-13/h5,7,11-13,17H,2-4,6,8-10H2,1H3,(H2,16,18). The molecule has 106 valence electrons. The number of nitrogens with two attached hydrogens (primary N) is 1. The number of hydrogen-bond acceptors (Lipinski definition) is 4. The molecule has 2 unspecified atom stereocenters. The molecule has 1 aromatic rings. The van der Waals surface area contributed by atoms with Crippen molar-refractivity contribution in [2.75, 3.05) is 13.1 Å². The Labute approximate surface area is 115 Å². The van der Waals surface area contributed by atoms with Crippen molar-refractivity contribution < 1.29 is 4.42 Å². The summed E-state index contributed by atoms with van der Waals surface area (Å²) in [7, 11) is 0. The van der Waals surface area contributed by atoms with E-state index in [0.717, 1.165) is 50.4 Å². The maximum Gasteiger partial charge on any atom is 0.109 e. The van der Waals surface area contributed by atoms with Crippen LogP contribution < -0.4 is 11.1 Å². The van der Waals surface area contributed by atoms with Gasteiger partial charge >= 0.3 is 0 Å². The first-order chi connectivity index (χ1) is 9.31. The smallest absolute Gasteiger partial charge is 0.109 e. The minimum Gasteiger partial charge on any atom is -0.469 e. The average Bonchev–Trinajstić information content (AvgIpc) is 2.84. The topological polar surface area (TPSA) is 63.5 Å². The van der Waals surface area contributed by atoms with E-state index in [4.69, 9.17) is 15.1 Å². The van der Waals surface area contributed by atoms with Crippen LogP contribution in [0.2, 0.25) is 0 Å². The highest BCUT2D eigenvalue weighted by Crippen LogP contribution is 2.30. The van der Waals surface area contributed by atoms with E-state index in [0.29, 0.717) is 5.92 Å². The Morgan fingerprint density at radius 2 is 2.42 bits per heavy atom. The predicted octanol–water partition coefficient (Wildman–Crippen LogP) is 2.66. The van der Waals surface area contributed by atoms with E-state index in [1.54, 1.807) is 6.26 Å². The van der Waals surface area contributed by atoms with Gasteiger partial charge in [0.05, 0.1) is 18.1 Å². The molecule has 0 radical (unpaired) electrons. The molecule has 3 N–H and O–H groups in total. The third-order valence-electron chi connectivity index (χ3n) is 3.77. The Morgan fingerprint density at radius 1 is 1.53 bits per heavy atom. The zero-order valence-electron chi connectivity index (χ0n) is 11.8. The van der Waals surface area contributed by atoms with Gasteiger partial charge in [0.25, 0.3) is 0 Å². The van der Waals surface area contributed by atoms with Crippen molar-refractivity contribution in [1.82, 2.24) is 5.32 Å². The summed E-state index contributed by atoms with van der Waals surface area (Å²) in [4.78, 5) is 4.72. The van der Waals surface area contributed by atoms with E-state index in [-0.39, 0.29) is 6.04 Å². The second kappa shape index (κ2) is 7.34. The van der Waals surface area contributed by atoms with E-state index in [1.165, 1.54) is 6.42 Å². The quantitative estimate of drug-likeness (QED) is 0.776. The van der Waals surface area contributed by atoms with Gasteiger partial charge in [0.2, 0.25) is 0 Å². The first kappa shape index (κ1) is 14.1. The Bertz CT molecular complexity index is 386. The molecule has 2 atom stereocenters. The number of hydrogen-bond donors (Lipinski definition) is 2. The molecule has 2 rings (SSSR count). The molecule has 4 nitrogen and oxygen atoms in total. The first-order valence-corrected chi connectivity index (χ1v) is 7.37. The molecule has 0 bridgehead atoms. The molecule has 0 spiro atoms. The summed E-state index contributed by atoms with van der Waals surface area (Å²) >= 11 is 0. The fourth-order valence-corrected chi connectivity index (χ4v) is 2.75. The van der Waals surface area contributed by atoms with Gasteiger partial charge in [0.15, 0.2) is 0 Å². The second-order valence-corrected chi connectivity index (χ2v) is 5.20. The number of furan rings is 1. The van der Waals surface area contributed by atoms with Crippen molar-refractivity contribution in [3.8, 4) is 0 Å². The highest BCUT2D eigenvalue weighted by molar-refractivity contribution is 5.80. The van der Waals surface area contributed by atoms with Gasteiger partial charge in [-0.3, -0.25) is 4.99 Å². The van der Waals surface area contributed by atoms with Gasteiger partial charge in [-0.25, -0.2) is 0 Å². The van der Waals surface area contributed by atoms with Crippen LogP contribution in [0.4, 0.5) is 0 Å². The molecule has 0 saturated carbocycles. The molecular weight excluding hydrogens is 238 g/mol. The third kappa shape index (κ3) is 4.10. The van der Waals surface area contributed by atoms with Gasteiger partial charge in [0.1, 0.15) is 5.76 Å². The van der Waals surface area contributed by atoms with Crippen molar-refractivity contribution in [3.05, 3.63) is 24.2 Å². The Morgan fingerprint density at radius 3 is 3.16 bits per heavy atom. The van der Waals surface area contributed by atoms with Crippen molar-refractivity contribution in [1.29, 1.82) is 0 Å². The van der Waals surface area contributed by atoms with Gasteiger partial charge in [0, 0.05) is 12.3 Å². The minimum absolute atomic E-state index is 0.271. The second-order valence-electron chi connectivity index (χ2n) is 5.20. The molecule has 0 amide bonds. The van der Waals surface area contributed by atoms with Crippen LogP contribution in [0, 0.1) is 0 Å². The lowest BCUT2D eigenvalue weighted by molar-refractivity contribution is 0.382. The molecule has 4 heteroatoms. The van der Waals surface area contributed by atoms with Crippen LogP contribution in [0.5, 0.6) is 0 Å². The van der Waals surface area contributed by atoms with Crippen molar-refractivity contribution >= 4 is 5.84 Å². The molecule has 1 aromatic heterocycles. The largest absolute Gasteiger partial charge is 0.469 e. The summed E-state index contributed by atoms with van der Waals surface area (Å²) in [6, 6.07) is 4.29. The lowest BCUT2D eigenvalue weighted by atomic mass is 9.90. The SMILES string of the molecule is CCNCCC(c1ccco1)C1CCCCC(N)=N1. The maximum absolute atomic E-state index is 5.97. The van der Waals surface area contributed by atoms with Gasteiger partial charge in [-0.15, -0.1) is 0 Å². The number of aliphatic imine (C=N–C) groups is 1. The van der Waals surface area contributed by atoms with E-state index in [1.807, 2.05) is 6.07 Å². The fraction of sp³-hybridized carbons (Fsp3) is 0.667. The third-order valence-corrected chi connectivity index (χ3v) is 3.77. The molecule has 1 aliphatic heterocycles. The summed E-state index contributed by atoms with van der Waals surface area (Å²) in [6.07, 6.45) is 7.20. The van der Waals surface area contributed by atoms with Crippen LogP contribution in [0.1, 0.15) is 50.7 Å². The summed E-state index contributed by atoms with van der Waals surface area (Å²) in [5.74, 6) is 2.19. The molecule has 2 heterocycles. The summed E-state index contributed by atoms with van der Waals surface area (Å²) < 4.78 is 5.62. The molecule has 0 aromatic carbocycles. The Balaban J connectivity index is 2.09. The highest BCUT2D eigenvalue weighted by atomic mass is 16.3. The molecule has 1 aliphatic rings. The fourth-order valence-electron chi connectivity index (χ4n) is 2.75. The zero-order valence-corrected chi connectivity index (χ0v) is 11.8. The monoisotopic (exact) mass is 263 g/mol. The van der Waals surface area contributed by atoms with Crippen LogP contribution in [0.3, 0.4) is 0 Å². The predicted molar refractivity (Wildman–Crippen MR) is 78.5 cm³/mol. The van der Waals surface area contributed by atoms with Gasteiger partial charge < -0.3 is 15.5 Å². The summed E-state index contributed by atoms with van der Waals surface area (Å²) in [5, 5.41) is 3.39. The van der Waals surface area contributed by atoms with Crippen LogP contribution in [-0.4, -0.2) is 25.0 Å². The van der Waals surface area contributed by atoms with Crippen molar-refractivity contribution in [3.63, 3.8) is 0 Å². The van der Waals surface area contributed by atoms with Gasteiger partial charge in [-0.2, -0.15) is 0 Å². The maximum atomic E-state index is 5.97. The summed E-state index contributed by atoms with van der Waals surface area (Å²) in [5.41, 5.74) is 5.97. The molecular formula is C15H25N3O. The van der Waals surface area contributed by atoms with Crippen molar-refractivity contribution in [2.24, 2.45) is 10.7 Å². The number of nitrogens with one attached hydrogen (secondary N) is 1. The van der Waals surface area contributed by atoms with Crippen LogP contribution in [-0.2, 0) is 0 Å². The van der Waals surface area contributed by atoms with Crippen LogP contribution >= 0.6 is 0 Å². The Hall–Kier alpha value is -1.29. The first-order valence-electron chi connectivity index (χ1n) is 7.37. The van der Waals surface area contributed by atoms with E-state index in [9.17, 15) is 0 Å². The normalized spacial score (nSPS) is 21.7. The van der Waals surface area contributed by atoms with Crippen molar-refractivity contribution in [2.45, 2.75) is 51.0 Å². The lowest BCUT2D eigenvalue weighted by Gasteiger charge is -2.22. The van der Waals surface area contributed by atoms with Crippen LogP contribution in [0.25, 0.3) is 0 Å². The average molecular weight is 263 g/mol. The van der Waals surface area contributed by atoms with Gasteiger partial charge in [-0.05, 0) is 44.5 Å². The van der Waals surface area contributed by atoms with Crippen LogP contribution in [0.15, 0.2) is 27.8 Å². The highest BCUT2D eigenvalue weighted by Gasteiger charge is 2.26. The molecule has 19 heavy (non-hydrogen) atoms. The summed E-state index contributed by atoms with van der Waals surface area (Å²) in [6.45, 7) is 4.12. The Kier molecular flexibility index (Phi) is 5.45. The van der Waals surface area contributed by atoms with E-state index in [2.05, 4.69) is 18.3 Å². The lowest BCUT2D eigenvalue weighted by Crippen LogP contribution is -2.24. The number of amidine groups is 1. The molecule has 0 saturated heterocycles. The van der Waals surface area contributed by atoms with Gasteiger partial charge in [-0.1, -0.05) is 13.3 Å². The molecule has 0 fully saturated rings. The van der Waals surface area contributed by atoms with E-state index >= 15 is 0 Å². The molecule has 0 aliphatic carbocycles. The minimum atomic E-state index is 0.271. The number of rotatable bonds is 6. The zero-order chi connectivity index (χ0) is 13.5.